The number of hydrogen-bond acceptors (Lipinski definition) is 5. The van der Waals surface area contributed by atoms with Crippen molar-refractivity contribution in [1.82, 2.24) is 10.6 Å². The van der Waals surface area contributed by atoms with Crippen LogP contribution < -0.4 is 20.1 Å². The van der Waals surface area contributed by atoms with E-state index in [2.05, 4.69) is 10.6 Å². The second kappa shape index (κ2) is 13.4. The normalized spacial score (nSPS) is 10.9. The van der Waals surface area contributed by atoms with Gasteiger partial charge in [0.1, 0.15) is 0 Å². The van der Waals surface area contributed by atoms with Gasteiger partial charge >= 0.3 is 0 Å². The highest BCUT2D eigenvalue weighted by molar-refractivity contribution is 6.31. The number of aliphatic hydroxyl groups excluding tert-OH is 1. The van der Waals surface area contributed by atoms with Gasteiger partial charge in [0.05, 0.1) is 13.2 Å². The van der Waals surface area contributed by atoms with Gasteiger partial charge in [-0.1, -0.05) is 41.9 Å². The number of nitrogens with one attached hydrogen (secondary N) is 2. The molecular weight excluding hydrogens is 439 g/mol. The molecule has 2 aromatic rings. The van der Waals surface area contributed by atoms with Crippen LogP contribution in [0.15, 0.2) is 42.5 Å². The van der Waals surface area contributed by atoms with Crippen LogP contribution in [-0.4, -0.2) is 42.9 Å². The number of ether oxygens (including phenoxy) is 2. The average molecular weight is 471 g/mol. The molecule has 172 valence electrons. The summed E-state index contributed by atoms with van der Waals surface area (Å²) < 4.78 is 11.3. The van der Waals surface area contributed by atoms with Crippen molar-refractivity contribution in [3.8, 4) is 11.5 Å². The van der Waals surface area contributed by atoms with Gasteiger partial charge in [-0.3, -0.25) is 4.79 Å². The monoisotopic (exact) mass is 470 g/mol. The van der Waals surface area contributed by atoms with Gasteiger partial charge in [0.15, 0.2) is 18.1 Å². The summed E-state index contributed by atoms with van der Waals surface area (Å²) >= 11 is 6.40. The van der Waals surface area contributed by atoms with Gasteiger partial charge in [0.25, 0.3) is 5.91 Å². The van der Waals surface area contributed by atoms with Crippen LogP contribution in [0.4, 0.5) is 0 Å². The number of rotatable bonds is 12. The second-order valence-corrected chi connectivity index (χ2v) is 8.00. The Morgan fingerprint density at radius 1 is 1.13 bits per heavy atom. The smallest absolute Gasteiger partial charge is 0.257 e. The first-order chi connectivity index (χ1) is 14.3. The average Bonchev–Trinajstić information content (AvgIpc) is 2.73. The Morgan fingerprint density at radius 2 is 1.81 bits per heavy atom. The fourth-order valence-corrected chi connectivity index (χ4v) is 2.89. The van der Waals surface area contributed by atoms with E-state index in [0.717, 1.165) is 17.5 Å². The molecule has 0 atom stereocenters. The number of aliphatic hydroxyl groups is 1. The first-order valence-electron chi connectivity index (χ1n) is 10.1. The molecule has 31 heavy (non-hydrogen) atoms. The topological polar surface area (TPSA) is 79.8 Å². The van der Waals surface area contributed by atoms with Crippen LogP contribution in [0.25, 0.3) is 0 Å². The lowest BCUT2D eigenvalue weighted by Crippen LogP contribution is -2.42. The first kappa shape index (κ1) is 27.0. The molecule has 0 saturated heterocycles. The largest absolute Gasteiger partial charge is 0.490 e. The third-order valence-corrected chi connectivity index (χ3v) is 4.85. The molecule has 1 amide bonds. The number of carbonyl (C=O) groups is 1. The molecule has 0 spiro atoms. The minimum absolute atomic E-state index is 0. The summed E-state index contributed by atoms with van der Waals surface area (Å²) in [6.45, 7) is 7.02. The summed E-state index contributed by atoms with van der Waals surface area (Å²) in [7, 11) is 0. The highest BCUT2D eigenvalue weighted by Crippen LogP contribution is 2.34. The lowest BCUT2D eigenvalue weighted by Gasteiger charge is -2.24. The summed E-state index contributed by atoms with van der Waals surface area (Å²) in [5, 5.41) is 16.0. The van der Waals surface area contributed by atoms with Crippen LogP contribution in [0.1, 0.15) is 31.9 Å². The highest BCUT2D eigenvalue weighted by Gasteiger charge is 2.18. The van der Waals surface area contributed by atoms with E-state index in [1.807, 2.05) is 51.1 Å². The van der Waals surface area contributed by atoms with Gasteiger partial charge in [0.2, 0.25) is 0 Å². The molecule has 2 aromatic carbocycles. The molecule has 3 N–H and O–H groups in total. The maximum atomic E-state index is 12.1. The summed E-state index contributed by atoms with van der Waals surface area (Å²) in [4.78, 5) is 12.1. The molecule has 0 aliphatic carbocycles. The van der Waals surface area contributed by atoms with E-state index in [0.29, 0.717) is 36.2 Å². The second-order valence-electron chi connectivity index (χ2n) is 7.59. The van der Waals surface area contributed by atoms with Crippen LogP contribution in [0.2, 0.25) is 5.02 Å². The van der Waals surface area contributed by atoms with Crippen molar-refractivity contribution in [3.05, 3.63) is 58.6 Å². The maximum absolute atomic E-state index is 12.1. The zero-order valence-electron chi connectivity index (χ0n) is 18.2. The van der Waals surface area contributed by atoms with Crippen molar-refractivity contribution in [3.63, 3.8) is 0 Å². The molecule has 8 heteroatoms. The van der Waals surface area contributed by atoms with Crippen molar-refractivity contribution in [2.45, 2.75) is 39.3 Å². The van der Waals surface area contributed by atoms with Crippen LogP contribution in [0.5, 0.6) is 11.5 Å². The SMILES string of the molecule is CCOc1cc(CNC(C)(C)CO)c(Cl)cc1OCC(=O)NCCc1ccccc1.Cl. The summed E-state index contributed by atoms with van der Waals surface area (Å²) in [5.41, 5.74) is 1.56. The predicted molar refractivity (Wildman–Crippen MR) is 127 cm³/mol. The molecule has 2 rings (SSSR count). The first-order valence-corrected chi connectivity index (χ1v) is 10.5. The molecule has 6 nitrogen and oxygen atoms in total. The molecule has 0 bridgehead atoms. The molecule has 0 heterocycles. The zero-order chi connectivity index (χ0) is 22.0. The molecule has 0 radical (unpaired) electrons. The molecule has 0 aliphatic heterocycles. The Kier molecular flexibility index (Phi) is 11.7. The van der Waals surface area contributed by atoms with Gasteiger partial charge in [0, 0.05) is 29.7 Å². The van der Waals surface area contributed by atoms with Gasteiger partial charge in [-0.05, 0) is 44.4 Å². The molecule has 0 fully saturated rings. The fourth-order valence-electron chi connectivity index (χ4n) is 2.67. The Bertz CT molecular complexity index is 817. The predicted octanol–water partition coefficient (Wildman–Crippen LogP) is 3.76. The van der Waals surface area contributed by atoms with Crippen molar-refractivity contribution >= 4 is 29.9 Å². The van der Waals surface area contributed by atoms with Crippen molar-refractivity contribution in [2.24, 2.45) is 0 Å². The Hall–Kier alpha value is -1.99. The van der Waals surface area contributed by atoms with Crippen molar-refractivity contribution in [1.29, 1.82) is 0 Å². The van der Waals surface area contributed by atoms with E-state index in [9.17, 15) is 9.90 Å². The molecular formula is C23H32Cl2N2O4. The number of amides is 1. The summed E-state index contributed by atoms with van der Waals surface area (Å²) in [5.74, 6) is 0.739. The zero-order valence-corrected chi connectivity index (χ0v) is 19.8. The lowest BCUT2D eigenvalue weighted by atomic mass is 10.1. The Morgan fingerprint density at radius 3 is 2.45 bits per heavy atom. The summed E-state index contributed by atoms with van der Waals surface area (Å²) in [6, 6.07) is 13.4. The molecule has 0 aliphatic rings. The van der Waals surface area contributed by atoms with Gasteiger partial charge < -0.3 is 25.2 Å². The highest BCUT2D eigenvalue weighted by atomic mass is 35.5. The van der Waals surface area contributed by atoms with Crippen LogP contribution in [0, 0.1) is 0 Å². The quantitative estimate of drug-likeness (QED) is 0.440. The number of carbonyl (C=O) groups excluding carboxylic acids is 1. The number of hydrogen-bond donors (Lipinski definition) is 3. The van der Waals surface area contributed by atoms with Gasteiger partial charge in [-0.15, -0.1) is 12.4 Å². The van der Waals surface area contributed by atoms with E-state index in [1.165, 1.54) is 0 Å². The van der Waals surface area contributed by atoms with Gasteiger partial charge in [-0.2, -0.15) is 0 Å². The minimum atomic E-state index is -0.428. The third kappa shape index (κ3) is 9.35. The maximum Gasteiger partial charge on any atom is 0.257 e. The van der Waals surface area contributed by atoms with E-state index >= 15 is 0 Å². The minimum Gasteiger partial charge on any atom is -0.490 e. The van der Waals surface area contributed by atoms with Crippen molar-refractivity contribution < 1.29 is 19.4 Å². The van der Waals surface area contributed by atoms with E-state index in [1.54, 1.807) is 12.1 Å². The van der Waals surface area contributed by atoms with Crippen LogP contribution in [-0.2, 0) is 17.8 Å². The van der Waals surface area contributed by atoms with Gasteiger partial charge in [-0.25, -0.2) is 0 Å². The van der Waals surface area contributed by atoms with E-state index < -0.39 is 5.54 Å². The molecule has 0 saturated carbocycles. The van der Waals surface area contributed by atoms with Crippen LogP contribution in [0.3, 0.4) is 0 Å². The molecule has 0 aromatic heterocycles. The Balaban J connectivity index is 0.00000480. The fraction of sp³-hybridized carbons (Fsp3) is 0.435. The standard InChI is InChI=1S/C23H31ClN2O4.ClH/c1-4-29-20-12-18(14-26-23(2,3)16-27)19(24)13-21(20)30-15-22(28)25-11-10-17-8-6-5-7-9-17;/h5-9,12-13,26-27H,4,10-11,14-16H2,1-3H3,(H,25,28);1H. The van der Waals surface area contributed by atoms with E-state index in [-0.39, 0.29) is 31.5 Å². The number of halogens is 2. The summed E-state index contributed by atoms with van der Waals surface area (Å²) in [6.07, 6.45) is 0.758. The third-order valence-electron chi connectivity index (χ3n) is 4.50. The lowest BCUT2D eigenvalue weighted by molar-refractivity contribution is -0.123. The van der Waals surface area contributed by atoms with Crippen LogP contribution >= 0.6 is 24.0 Å². The number of benzene rings is 2. The van der Waals surface area contributed by atoms with E-state index in [4.69, 9.17) is 21.1 Å². The molecule has 0 unspecified atom stereocenters. The van der Waals surface area contributed by atoms with Crippen molar-refractivity contribution in [2.75, 3.05) is 26.4 Å². The Labute approximate surface area is 195 Å².